The van der Waals surface area contributed by atoms with Crippen molar-refractivity contribution >= 4 is 11.8 Å². The molecule has 0 aromatic rings. The number of aliphatic hydroxyl groups excluding tert-OH is 1. The van der Waals surface area contributed by atoms with Crippen LogP contribution in [0.3, 0.4) is 0 Å². The monoisotopic (exact) mass is 160 g/mol. The fourth-order valence-corrected chi connectivity index (χ4v) is 1.59. The van der Waals surface area contributed by atoms with Crippen LogP contribution in [-0.4, -0.2) is 22.7 Å². The minimum atomic E-state index is 0.308. The molecule has 0 spiro atoms. The lowest BCUT2D eigenvalue weighted by Gasteiger charge is -2.06. The van der Waals surface area contributed by atoms with Crippen molar-refractivity contribution in [1.82, 2.24) is 0 Å². The lowest BCUT2D eigenvalue weighted by Crippen LogP contribution is -1.99. The molecule has 0 aliphatic carbocycles. The van der Waals surface area contributed by atoms with E-state index in [1.807, 2.05) is 17.8 Å². The summed E-state index contributed by atoms with van der Waals surface area (Å²) in [6.45, 7) is 6.09. The van der Waals surface area contributed by atoms with E-state index in [1.54, 1.807) is 0 Å². The van der Waals surface area contributed by atoms with Crippen molar-refractivity contribution < 1.29 is 5.11 Å². The molecular formula is C8H16OS. The molecule has 0 saturated heterocycles. The maximum Gasteiger partial charge on any atom is 0.0441 e. The molecule has 0 fully saturated rings. The van der Waals surface area contributed by atoms with E-state index in [9.17, 15) is 0 Å². The molecule has 1 N–H and O–H groups in total. The summed E-state index contributed by atoms with van der Waals surface area (Å²) >= 11 is 1.89. The number of thioether (sulfide) groups is 1. The highest BCUT2D eigenvalue weighted by Crippen LogP contribution is 2.14. The van der Waals surface area contributed by atoms with E-state index in [0.29, 0.717) is 11.9 Å². The average Bonchev–Trinajstić information content (AvgIpc) is 1.89. The molecule has 0 aliphatic heterocycles. The number of hydrogen-bond donors (Lipinski definition) is 1. The topological polar surface area (TPSA) is 20.2 Å². The first-order valence-corrected chi connectivity index (χ1v) is 4.69. The zero-order chi connectivity index (χ0) is 7.82. The first-order chi connectivity index (χ1) is 4.81. The summed E-state index contributed by atoms with van der Waals surface area (Å²) in [6, 6.07) is 0. The van der Waals surface area contributed by atoms with Crippen LogP contribution in [0.2, 0.25) is 0 Å². The molecule has 0 heterocycles. The molecule has 0 bridgehead atoms. The fourth-order valence-electron chi connectivity index (χ4n) is 0.618. The second-order valence-electron chi connectivity index (χ2n) is 2.27. The van der Waals surface area contributed by atoms with Crippen molar-refractivity contribution in [2.24, 2.45) is 0 Å². The van der Waals surface area contributed by atoms with Crippen LogP contribution in [-0.2, 0) is 0 Å². The predicted octanol–water partition coefficient (Wildman–Crippen LogP) is 2.07. The smallest absolute Gasteiger partial charge is 0.0441 e. The van der Waals surface area contributed by atoms with Crippen LogP contribution in [0.1, 0.15) is 19.8 Å². The summed E-state index contributed by atoms with van der Waals surface area (Å²) < 4.78 is 0. The van der Waals surface area contributed by atoms with E-state index < -0.39 is 0 Å². The van der Waals surface area contributed by atoms with Crippen LogP contribution in [0.25, 0.3) is 0 Å². The molecule has 60 valence electrons. The summed E-state index contributed by atoms with van der Waals surface area (Å²) in [5, 5.41) is 9.15. The summed E-state index contributed by atoms with van der Waals surface area (Å²) in [5.41, 5.74) is 0. The van der Waals surface area contributed by atoms with Crippen molar-refractivity contribution in [3.63, 3.8) is 0 Å². The maximum atomic E-state index is 8.56. The van der Waals surface area contributed by atoms with Crippen molar-refractivity contribution in [1.29, 1.82) is 0 Å². The molecular weight excluding hydrogens is 144 g/mol. The van der Waals surface area contributed by atoms with Crippen LogP contribution in [0.4, 0.5) is 0 Å². The van der Waals surface area contributed by atoms with Crippen LogP contribution in [0, 0.1) is 0 Å². The van der Waals surface area contributed by atoms with Crippen molar-refractivity contribution in [3.05, 3.63) is 12.7 Å². The van der Waals surface area contributed by atoms with Gasteiger partial charge < -0.3 is 5.11 Å². The summed E-state index contributed by atoms with van der Waals surface area (Å²) in [7, 11) is 0. The molecule has 1 atom stereocenters. The van der Waals surface area contributed by atoms with Gasteiger partial charge in [-0.05, 0) is 18.6 Å². The standard InChI is InChI=1S/C8H16OS/c1-3-4-7-10-8(2)5-6-9/h3,8-9H,1,4-7H2,2H3. The third-order valence-corrected chi connectivity index (χ3v) is 2.54. The van der Waals surface area contributed by atoms with Crippen LogP contribution >= 0.6 is 11.8 Å². The summed E-state index contributed by atoms with van der Waals surface area (Å²) in [4.78, 5) is 0. The Morgan fingerprint density at radius 3 is 2.90 bits per heavy atom. The largest absolute Gasteiger partial charge is 0.396 e. The van der Waals surface area contributed by atoms with E-state index in [2.05, 4.69) is 13.5 Å². The molecule has 0 aromatic heterocycles. The zero-order valence-corrected chi connectivity index (χ0v) is 7.36. The van der Waals surface area contributed by atoms with Crippen molar-refractivity contribution in [2.45, 2.75) is 25.0 Å². The molecule has 0 saturated carbocycles. The third-order valence-electron chi connectivity index (χ3n) is 1.26. The fraction of sp³-hybridized carbons (Fsp3) is 0.750. The Kier molecular flexibility index (Phi) is 7.20. The second kappa shape index (κ2) is 7.16. The van der Waals surface area contributed by atoms with Gasteiger partial charge in [-0.25, -0.2) is 0 Å². The molecule has 2 heteroatoms. The quantitative estimate of drug-likeness (QED) is 0.474. The molecule has 1 nitrogen and oxygen atoms in total. The SMILES string of the molecule is C=CCCSC(C)CCO. The molecule has 0 radical (unpaired) electrons. The van der Waals surface area contributed by atoms with E-state index in [1.165, 1.54) is 0 Å². The Labute approximate surface area is 67.5 Å². The van der Waals surface area contributed by atoms with Crippen molar-refractivity contribution in [2.75, 3.05) is 12.4 Å². The Balaban J connectivity index is 3.04. The van der Waals surface area contributed by atoms with Crippen molar-refractivity contribution in [3.8, 4) is 0 Å². The van der Waals surface area contributed by atoms with Gasteiger partial charge in [-0.2, -0.15) is 11.8 Å². The highest BCUT2D eigenvalue weighted by molar-refractivity contribution is 7.99. The van der Waals surface area contributed by atoms with Gasteiger partial charge in [0.1, 0.15) is 0 Å². The highest BCUT2D eigenvalue weighted by atomic mass is 32.2. The third kappa shape index (κ3) is 6.17. The Morgan fingerprint density at radius 2 is 2.40 bits per heavy atom. The first-order valence-electron chi connectivity index (χ1n) is 3.64. The van der Waals surface area contributed by atoms with E-state index in [-0.39, 0.29) is 0 Å². The molecule has 0 aliphatic rings. The summed E-state index contributed by atoms with van der Waals surface area (Å²) in [6.07, 6.45) is 3.90. The Hall–Kier alpha value is 0.0500. The van der Waals surface area contributed by atoms with Gasteiger partial charge in [0, 0.05) is 11.9 Å². The Morgan fingerprint density at radius 1 is 1.70 bits per heavy atom. The number of aliphatic hydroxyl groups is 1. The normalized spacial score (nSPS) is 13.0. The predicted molar refractivity (Wildman–Crippen MR) is 48.4 cm³/mol. The van der Waals surface area contributed by atoms with Gasteiger partial charge in [0.25, 0.3) is 0 Å². The zero-order valence-electron chi connectivity index (χ0n) is 6.55. The van der Waals surface area contributed by atoms with Gasteiger partial charge in [0.15, 0.2) is 0 Å². The molecule has 0 amide bonds. The first kappa shape index (κ1) is 10.0. The van der Waals surface area contributed by atoms with E-state index in [0.717, 1.165) is 18.6 Å². The number of hydrogen-bond acceptors (Lipinski definition) is 2. The second-order valence-corrected chi connectivity index (χ2v) is 3.82. The lowest BCUT2D eigenvalue weighted by molar-refractivity contribution is 0.289. The summed E-state index contributed by atoms with van der Waals surface area (Å²) in [5.74, 6) is 1.13. The van der Waals surface area contributed by atoms with Gasteiger partial charge in [-0.15, -0.1) is 6.58 Å². The van der Waals surface area contributed by atoms with Gasteiger partial charge >= 0.3 is 0 Å². The minimum absolute atomic E-state index is 0.308. The lowest BCUT2D eigenvalue weighted by atomic mass is 10.3. The average molecular weight is 160 g/mol. The van der Waals surface area contributed by atoms with Gasteiger partial charge in [-0.1, -0.05) is 13.0 Å². The van der Waals surface area contributed by atoms with E-state index in [4.69, 9.17) is 5.11 Å². The van der Waals surface area contributed by atoms with Crippen LogP contribution < -0.4 is 0 Å². The minimum Gasteiger partial charge on any atom is -0.396 e. The molecule has 0 aromatic carbocycles. The number of rotatable bonds is 6. The van der Waals surface area contributed by atoms with Gasteiger partial charge in [-0.3, -0.25) is 0 Å². The van der Waals surface area contributed by atoms with Crippen LogP contribution in [0.15, 0.2) is 12.7 Å². The number of allylic oxidation sites excluding steroid dienone is 1. The van der Waals surface area contributed by atoms with Gasteiger partial charge in [0.2, 0.25) is 0 Å². The highest BCUT2D eigenvalue weighted by Gasteiger charge is 1.98. The molecule has 1 unspecified atom stereocenters. The molecule has 10 heavy (non-hydrogen) atoms. The van der Waals surface area contributed by atoms with Crippen LogP contribution in [0.5, 0.6) is 0 Å². The van der Waals surface area contributed by atoms with Gasteiger partial charge in [0.05, 0.1) is 0 Å². The maximum absolute atomic E-state index is 8.56. The Bertz CT molecular complexity index is 83.3. The molecule has 0 rings (SSSR count). The van der Waals surface area contributed by atoms with E-state index >= 15 is 0 Å².